The highest BCUT2D eigenvalue weighted by Crippen LogP contribution is 2.29. The van der Waals surface area contributed by atoms with Crippen molar-refractivity contribution in [2.45, 2.75) is 25.1 Å². The van der Waals surface area contributed by atoms with Gasteiger partial charge in [0.15, 0.2) is 0 Å². The van der Waals surface area contributed by atoms with Gasteiger partial charge < -0.3 is 14.6 Å². The maximum absolute atomic E-state index is 5.99. The van der Waals surface area contributed by atoms with Crippen LogP contribution in [0.15, 0.2) is 48.9 Å². The predicted octanol–water partition coefficient (Wildman–Crippen LogP) is 1.62. The van der Waals surface area contributed by atoms with E-state index in [-0.39, 0.29) is 12.1 Å². The second-order valence-electron chi connectivity index (χ2n) is 5.91. The van der Waals surface area contributed by atoms with Gasteiger partial charge in [-0.3, -0.25) is 4.68 Å². The first-order valence-electron chi connectivity index (χ1n) is 8.10. The van der Waals surface area contributed by atoms with Crippen LogP contribution >= 0.6 is 0 Å². The van der Waals surface area contributed by atoms with E-state index in [9.17, 15) is 0 Å². The van der Waals surface area contributed by atoms with Crippen LogP contribution in [-0.4, -0.2) is 37.2 Å². The van der Waals surface area contributed by atoms with Crippen LogP contribution in [0, 0.1) is 0 Å². The number of ether oxygens (including phenoxy) is 1. The third kappa shape index (κ3) is 2.83. The van der Waals surface area contributed by atoms with Gasteiger partial charge in [0.2, 0.25) is 0 Å². The molecular formula is C17H20N6O. The molecule has 0 bridgehead atoms. The smallest absolute Gasteiger partial charge is 0.144 e. The molecule has 1 aliphatic rings. The number of nitrogens with one attached hydrogen (secondary N) is 1. The first-order valence-corrected chi connectivity index (χ1v) is 8.10. The third-order valence-electron chi connectivity index (χ3n) is 4.40. The molecule has 2 aromatic heterocycles. The van der Waals surface area contributed by atoms with E-state index in [1.54, 1.807) is 10.9 Å². The molecule has 3 heterocycles. The van der Waals surface area contributed by atoms with E-state index >= 15 is 0 Å². The lowest BCUT2D eigenvalue weighted by molar-refractivity contribution is 0.0902. The van der Waals surface area contributed by atoms with Gasteiger partial charge in [0.1, 0.15) is 11.9 Å². The number of para-hydroxylation sites is 1. The first kappa shape index (κ1) is 15.0. The molecule has 24 heavy (non-hydrogen) atoms. The summed E-state index contributed by atoms with van der Waals surface area (Å²) in [5.41, 5.74) is 2.14. The highest BCUT2D eigenvalue weighted by Gasteiger charge is 2.32. The number of aryl methyl sites for hydroxylation is 1. The molecule has 1 aromatic carbocycles. The minimum Gasteiger partial charge on any atom is -0.369 e. The molecule has 7 nitrogen and oxygen atoms in total. The second-order valence-corrected chi connectivity index (χ2v) is 5.91. The van der Waals surface area contributed by atoms with Crippen LogP contribution < -0.4 is 5.32 Å². The fraction of sp³-hybridized carbons (Fsp3) is 0.353. The molecule has 0 spiro atoms. The molecule has 1 aliphatic heterocycles. The predicted molar refractivity (Wildman–Crippen MR) is 88.5 cm³/mol. The quantitative estimate of drug-likeness (QED) is 0.772. The summed E-state index contributed by atoms with van der Waals surface area (Å²) in [5.74, 6) is 0.930. The standard InChI is InChI=1S/C17H20N6O/c1-22-14(12-20-21-22)11-19-15-7-10-24-16(15)17-18-8-9-23(17)13-5-3-2-4-6-13/h2-6,8-9,12,15-16,19H,7,10-11H2,1H3/t15-,16-/m0/s1. The zero-order chi connectivity index (χ0) is 16.4. The minimum absolute atomic E-state index is 0.0682. The van der Waals surface area contributed by atoms with Gasteiger partial charge >= 0.3 is 0 Å². The van der Waals surface area contributed by atoms with Crippen molar-refractivity contribution in [3.8, 4) is 5.69 Å². The zero-order valence-electron chi connectivity index (χ0n) is 13.5. The van der Waals surface area contributed by atoms with Crippen molar-refractivity contribution in [1.29, 1.82) is 0 Å². The summed E-state index contributed by atoms with van der Waals surface area (Å²) in [6.45, 7) is 1.44. The van der Waals surface area contributed by atoms with Gasteiger partial charge in [-0.2, -0.15) is 0 Å². The van der Waals surface area contributed by atoms with Gasteiger partial charge in [0.25, 0.3) is 0 Å². The average Bonchev–Trinajstić information content (AvgIpc) is 3.34. The number of hydrogen-bond acceptors (Lipinski definition) is 5. The highest BCUT2D eigenvalue weighted by atomic mass is 16.5. The average molecular weight is 324 g/mol. The molecule has 0 unspecified atom stereocenters. The van der Waals surface area contributed by atoms with Crippen molar-refractivity contribution < 1.29 is 4.74 Å². The molecule has 2 atom stereocenters. The summed E-state index contributed by atoms with van der Waals surface area (Å²) in [6, 6.07) is 10.4. The van der Waals surface area contributed by atoms with Gasteiger partial charge in [-0.25, -0.2) is 4.98 Å². The molecular weight excluding hydrogens is 304 g/mol. The van der Waals surface area contributed by atoms with Crippen LogP contribution in [0.1, 0.15) is 24.0 Å². The third-order valence-corrected chi connectivity index (χ3v) is 4.40. The molecule has 4 rings (SSSR count). The van der Waals surface area contributed by atoms with Gasteiger partial charge in [0, 0.05) is 44.3 Å². The lowest BCUT2D eigenvalue weighted by Gasteiger charge is -2.20. The highest BCUT2D eigenvalue weighted by molar-refractivity contribution is 5.33. The molecule has 124 valence electrons. The van der Waals surface area contributed by atoms with Crippen molar-refractivity contribution in [2.24, 2.45) is 7.05 Å². The van der Waals surface area contributed by atoms with E-state index in [1.807, 2.05) is 37.6 Å². The van der Waals surface area contributed by atoms with E-state index < -0.39 is 0 Å². The summed E-state index contributed by atoms with van der Waals surface area (Å²) >= 11 is 0. The molecule has 3 aromatic rings. The summed E-state index contributed by atoms with van der Waals surface area (Å²) in [6.07, 6.45) is 6.47. The van der Waals surface area contributed by atoms with Crippen molar-refractivity contribution in [1.82, 2.24) is 29.9 Å². The normalized spacial score (nSPS) is 20.5. The van der Waals surface area contributed by atoms with Gasteiger partial charge in [-0.15, -0.1) is 5.10 Å². The van der Waals surface area contributed by atoms with Crippen LogP contribution in [0.25, 0.3) is 5.69 Å². The van der Waals surface area contributed by atoms with E-state index in [2.05, 4.69) is 37.3 Å². The zero-order valence-corrected chi connectivity index (χ0v) is 13.5. The molecule has 0 radical (unpaired) electrons. The van der Waals surface area contributed by atoms with E-state index in [4.69, 9.17) is 4.74 Å². The SMILES string of the molecule is Cn1nncc1CN[C@H]1CCO[C@@H]1c1nccn1-c1ccccc1. The van der Waals surface area contributed by atoms with Crippen molar-refractivity contribution in [3.63, 3.8) is 0 Å². The van der Waals surface area contributed by atoms with Crippen molar-refractivity contribution in [2.75, 3.05) is 6.61 Å². The Morgan fingerprint density at radius 3 is 2.96 bits per heavy atom. The maximum atomic E-state index is 5.99. The summed E-state index contributed by atoms with van der Waals surface area (Å²) < 4.78 is 9.86. The van der Waals surface area contributed by atoms with Crippen molar-refractivity contribution >= 4 is 0 Å². The Bertz CT molecular complexity index is 796. The number of aromatic nitrogens is 5. The fourth-order valence-corrected chi connectivity index (χ4v) is 3.09. The number of nitrogens with zero attached hydrogens (tertiary/aromatic N) is 5. The fourth-order valence-electron chi connectivity index (χ4n) is 3.09. The maximum Gasteiger partial charge on any atom is 0.144 e. The van der Waals surface area contributed by atoms with Crippen LogP contribution in [-0.2, 0) is 18.3 Å². The molecule has 0 aliphatic carbocycles. The molecule has 1 N–H and O–H groups in total. The number of hydrogen-bond donors (Lipinski definition) is 1. The Morgan fingerprint density at radius 1 is 1.29 bits per heavy atom. The Hall–Kier alpha value is -2.51. The van der Waals surface area contributed by atoms with E-state index in [1.165, 1.54) is 0 Å². The summed E-state index contributed by atoms with van der Waals surface area (Å²) in [7, 11) is 1.90. The first-order chi connectivity index (χ1) is 11.8. The van der Waals surface area contributed by atoms with Gasteiger partial charge in [0.05, 0.1) is 11.9 Å². The lowest BCUT2D eigenvalue weighted by atomic mass is 10.1. The summed E-state index contributed by atoms with van der Waals surface area (Å²) in [4.78, 5) is 4.56. The monoisotopic (exact) mass is 324 g/mol. The minimum atomic E-state index is -0.0682. The molecule has 0 amide bonds. The number of rotatable bonds is 5. The Labute approximate surface area is 140 Å². The number of benzene rings is 1. The van der Waals surface area contributed by atoms with Gasteiger partial charge in [-0.1, -0.05) is 23.4 Å². The Balaban J connectivity index is 1.53. The Kier molecular flexibility index (Phi) is 4.10. The van der Waals surface area contributed by atoms with Crippen LogP contribution in [0.5, 0.6) is 0 Å². The largest absolute Gasteiger partial charge is 0.369 e. The topological polar surface area (TPSA) is 69.8 Å². The molecule has 1 saturated heterocycles. The van der Waals surface area contributed by atoms with E-state index in [0.717, 1.165) is 30.2 Å². The molecule has 1 fully saturated rings. The van der Waals surface area contributed by atoms with E-state index in [0.29, 0.717) is 6.54 Å². The lowest BCUT2D eigenvalue weighted by Crippen LogP contribution is -2.33. The Morgan fingerprint density at radius 2 is 2.17 bits per heavy atom. The van der Waals surface area contributed by atoms with Crippen LogP contribution in [0.4, 0.5) is 0 Å². The van der Waals surface area contributed by atoms with Crippen LogP contribution in [0.2, 0.25) is 0 Å². The van der Waals surface area contributed by atoms with Crippen LogP contribution in [0.3, 0.4) is 0 Å². The molecule has 0 saturated carbocycles. The summed E-state index contributed by atoms with van der Waals surface area (Å²) in [5, 5.41) is 11.4. The van der Waals surface area contributed by atoms with Gasteiger partial charge in [-0.05, 0) is 18.6 Å². The second kappa shape index (κ2) is 6.54. The van der Waals surface area contributed by atoms with Crippen molar-refractivity contribution in [3.05, 3.63) is 60.4 Å². The number of imidazole rings is 1. The molecule has 7 heteroatoms.